The van der Waals surface area contributed by atoms with Crippen LogP contribution in [-0.4, -0.2) is 35.5 Å². The van der Waals surface area contributed by atoms with Crippen LogP contribution in [0.1, 0.15) is 46.0 Å². The fourth-order valence-corrected chi connectivity index (χ4v) is 2.46. The molecule has 0 radical (unpaired) electrons. The predicted octanol–water partition coefficient (Wildman–Crippen LogP) is 2.38. The first-order chi connectivity index (χ1) is 8.41. The fourth-order valence-electron chi connectivity index (χ4n) is 2.46. The quantitative estimate of drug-likeness (QED) is 0.820. The van der Waals surface area contributed by atoms with E-state index in [0.717, 1.165) is 25.8 Å². The maximum atomic E-state index is 12.2. The lowest BCUT2D eigenvalue weighted by Gasteiger charge is -2.29. The Morgan fingerprint density at radius 1 is 1.17 bits per heavy atom. The number of carbonyl (C=O) groups excluding carboxylic acids is 1. The third-order valence-corrected chi connectivity index (χ3v) is 3.84. The molecule has 104 valence electrons. The van der Waals surface area contributed by atoms with Crippen LogP contribution in [0.3, 0.4) is 0 Å². The highest BCUT2D eigenvalue weighted by Crippen LogP contribution is 2.30. The molecule has 1 aliphatic rings. The molecule has 0 aromatic rings. The maximum Gasteiger partial charge on any atom is 0.306 e. The molecule has 0 aliphatic heterocycles. The first-order valence-corrected chi connectivity index (χ1v) is 6.89. The van der Waals surface area contributed by atoms with Crippen molar-refractivity contribution in [3.8, 4) is 0 Å². The molecule has 4 nitrogen and oxygen atoms in total. The van der Waals surface area contributed by atoms with Crippen LogP contribution >= 0.6 is 0 Å². The zero-order chi connectivity index (χ0) is 13.7. The van der Waals surface area contributed by atoms with Crippen molar-refractivity contribution in [1.29, 1.82) is 0 Å². The average molecular weight is 255 g/mol. The molecule has 0 unspecified atom stereocenters. The summed E-state index contributed by atoms with van der Waals surface area (Å²) in [7, 11) is 1.86. The molecule has 1 amide bonds. The van der Waals surface area contributed by atoms with Crippen LogP contribution in [0.25, 0.3) is 0 Å². The van der Waals surface area contributed by atoms with Crippen molar-refractivity contribution in [1.82, 2.24) is 4.90 Å². The minimum absolute atomic E-state index is 0.0396. The van der Waals surface area contributed by atoms with Crippen molar-refractivity contribution in [2.75, 3.05) is 13.6 Å². The first-order valence-electron chi connectivity index (χ1n) is 6.89. The van der Waals surface area contributed by atoms with E-state index in [9.17, 15) is 9.59 Å². The van der Waals surface area contributed by atoms with Gasteiger partial charge in [-0.2, -0.15) is 0 Å². The monoisotopic (exact) mass is 255 g/mol. The van der Waals surface area contributed by atoms with Crippen molar-refractivity contribution in [3.05, 3.63) is 0 Å². The van der Waals surface area contributed by atoms with Crippen molar-refractivity contribution < 1.29 is 14.7 Å². The Hall–Kier alpha value is -1.06. The minimum atomic E-state index is -0.714. The summed E-state index contributed by atoms with van der Waals surface area (Å²) in [6.45, 7) is 5.10. The topological polar surface area (TPSA) is 57.6 Å². The van der Waals surface area contributed by atoms with Gasteiger partial charge in [0.05, 0.1) is 5.92 Å². The van der Waals surface area contributed by atoms with Crippen LogP contribution in [0.15, 0.2) is 0 Å². The highest BCUT2D eigenvalue weighted by atomic mass is 16.4. The van der Waals surface area contributed by atoms with Crippen molar-refractivity contribution >= 4 is 11.9 Å². The Morgan fingerprint density at radius 2 is 1.67 bits per heavy atom. The van der Waals surface area contributed by atoms with Gasteiger partial charge >= 0.3 is 5.97 Å². The molecule has 0 saturated heterocycles. The van der Waals surface area contributed by atoms with Gasteiger partial charge in [0.25, 0.3) is 0 Å². The zero-order valence-corrected chi connectivity index (χ0v) is 11.7. The summed E-state index contributed by atoms with van der Waals surface area (Å²) in [5.41, 5.74) is 0. The van der Waals surface area contributed by atoms with Gasteiger partial charge in [-0.3, -0.25) is 9.59 Å². The molecular weight excluding hydrogens is 230 g/mol. The van der Waals surface area contributed by atoms with Gasteiger partial charge in [0.2, 0.25) is 5.91 Å². The van der Waals surface area contributed by atoms with E-state index in [1.165, 1.54) is 0 Å². The number of amides is 1. The van der Waals surface area contributed by atoms with Crippen molar-refractivity contribution in [2.24, 2.45) is 17.8 Å². The Morgan fingerprint density at radius 3 is 2.11 bits per heavy atom. The van der Waals surface area contributed by atoms with Gasteiger partial charge < -0.3 is 10.0 Å². The molecular formula is C14H25NO3. The lowest BCUT2D eigenvalue weighted by molar-refractivity contribution is -0.145. The normalized spacial score (nSPS) is 24.0. The van der Waals surface area contributed by atoms with E-state index in [2.05, 4.69) is 13.8 Å². The molecule has 0 aromatic carbocycles. The maximum absolute atomic E-state index is 12.2. The van der Waals surface area contributed by atoms with Gasteiger partial charge in [-0.1, -0.05) is 13.8 Å². The molecule has 1 aliphatic carbocycles. The number of nitrogens with zero attached hydrogens (tertiary/aromatic N) is 1. The molecule has 0 atom stereocenters. The standard InChI is InChI=1S/C14H25NO3/c1-10(2)8-9-15(3)13(16)11-4-6-12(7-5-11)14(17)18/h10-12H,4-9H2,1-3H3,(H,17,18). The number of carboxylic acid groups (broad SMARTS) is 1. The molecule has 4 heteroatoms. The predicted molar refractivity (Wildman–Crippen MR) is 70.2 cm³/mol. The number of hydrogen-bond donors (Lipinski definition) is 1. The van der Waals surface area contributed by atoms with Crippen LogP contribution in [-0.2, 0) is 9.59 Å². The van der Waals surface area contributed by atoms with Crippen LogP contribution in [0.5, 0.6) is 0 Å². The molecule has 0 heterocycles. The molecule has 1 fully saturated rings. The Balaban J connectivity index is 2.37. The zero-order valence-electron chi connectivity index (χ0n) is 11.7. The number of carboxylic acids is 1. The summed E-state index contributed by atoms with van der Waals surface area (Å²) >= 11 is 0. The SMILES string of the molecule is CC(C)CCN(C)C(=O)C1CCC(C(=O)O)CC1. The summed E-state index contributed by atoms with van der Waals surface area (Å²) < 4.78 is 0. The van der Waals surface area contributed by atoms with Gasteiger partial charge in [-0.15, -0.1) is 0 Å². The summed E-state index contributed by atoms with van der Waals surface area (Å²) in [4.78, 5) is 24.8. The van der Waals surface area contributed by atoms with E-state index in [-0.39, 0.29) is 17.7 Å². The second kappa shape index (κ2) is 6.76. The average Bonchev–Trinajstić information content (AvgIpc) is 2.35. The van der Waals surface area contributed by atoms with Gasteiger partial charge in [0, 0.05) is 19.5 Å². The van der Waals surface area contributed by atoms with E-state index < -0.39 is 5.97 Å². The van der Waals surface area contributed by atoms with E-state index in [1.807, 2.05) is 11.9 Å². The van der Waals surface area contributed by atoms with E-state index in [4.69, 9.17) is 5.11 Å². The Bertz CT molecular complexity index is 293. The van der Waals surface area contributed by atoms with Crippen LogP contribution < -0.4 is 0 Å². The highest BCUT2D eigenvalue weighted by molar-refractivity contribution is 5.79. The van der Waals surface area contributed by atoms with Gasteiger partial charge in [-0.25, -0.2) is 0 Å². The third-order valence-electron chi connectivity index (χ3n) is 3.84. The van der Waals surface area contributed by atoms with Crippen LogP contribution in [0, 0.1) is 17.8 Å². The smallest absolute Gasteiger partial charge is 0.306 e. The fraction of sp³-hybridized carbons (Fsp3) is 0.857. The highest BCUT2D eigenvalue weighted by Gasteiger charge is 2.30. The molecule has 0 spiro atoms. The van der Waals surface area contributed by atoms with Gasteiger partial charge in [-0.05, 0) is 38.0 Å². The molecule has 1 N–H and O–H groups in total. The second-order valence-corrected chi connectivity index (χ2v) is 5.83. The Labute approximate surface area is 109 Å². The third kappa shape index (κ3) is 4.31. The van der Waals surface area contributed by atoms with Crippen LogP contribution in [0.4, 0.5) is 0 Å². The summed E-state index contributed by atoms with van der Waals surface area (Å²) in [5, 5.41) is 8.92. The number of carbonyl (C=O) groups is 2. The molecule has 0 aromatic heterocycles. The van der Waals surface area contributed by atoms with Gasteiger partial charge in [0.1, 0.15) is 0 Å². The first kappa shape index (κ1) is 15.0. The number of aliphatic carboxylic acids is 1. The largest absolute Gasteiger partial charge is 0.481 e. The minimum Gasteiger partial charge on any atom is -0.481 e. The second-order valence-electron chi connectivity index (χ2n) is 5.83. The summed E-state index contributed by atoms with van der Waals surface area (Å²) in [6.07, 6.45) is 3.75. The molecule has 18 heavy (non-hydrogen) atoms. The molecule has 1 saturated carbocycles. The van der Waals surface area contributed by atoms with E-state index in [1.54, 1.807) is 0 Å². The molecule has 0 bridgehead atoms. The lowest BCUT2D eigenvalue weighted by atomic mass is 9.81. The van der Waals surface area contributed by atoms with Crippen molar-refractivity contribution in [2.45, 2.75) is 46.0 Å². The Kier molecular flexibility index (Phi) is 5.63. The summed E-state index contributed by atoms with van der Waals surface area (Å²) in [6, 6.07) is 0. The molecule has 1 rings (SSSR count). The van der Waals surface area contributed by atoms with Crippen LogP contribution in [0.2, 0.25) is 0 Å². The van der Waals surface area contributed by atoms with E-state index >= 15 is 0 Å². The number of hydrogen-bond acceptors (Lipinski definition) is 2. The summed E-state index contributed by atoms with van der Waals surface area (Å²) in [5.74, 6) is -0.121. The lowest BCUT2D eigenvalue weighted by Crippen LogP contribution is -2.36. The van der Waals surface area contributed by atoms with Gasteiger partial charge in [0.15, 0.2) is 0 Å². The number of rotatable bonds is 5. The van der Waals surface area contributed by atoms with E-state index in [0.29, 0.717) is 18.8 Å². The van der Waals surface area contributed by atoms with Crippen molar-refractivity contribution in [3.63, 3.8) is 0 Å².